The molecule has 164 valence electrons. The van der Waals surface area contributed by atoms with Gasteiger partial charge in [0, 0.05) is 38.4 Å². The molecule has 0 aromatic heterocycles. The molecule has 1 fully saturated rings. The largest absolute Gasteiger partial charge is 0.369 e. The normalized spacial score (nSPS) is 15.1. The smallest absolute Gasteiger partial charge is 0.236 e. The molecule has 1 aliphatic heterocycles. The topological polar surface area (TPSA) is 61.6 Å². The second-order valence-corrected chi connectivity index (χ2v) is 7.55. The second-order valence-electron chi connectivity index (χ2n) is 7.55. The van der Waals surface area contributed by atoms with Crippen LogP contribution in [-0.2, 0) is 4.79 Å². The highest BCUT2D eigenvalue weighted by Crippen LogP contribution is 2.17. The summed E-state index contributed by atoms with van der Waals surface area (Å²) in [5.41, 5.74) is 8.53. The zero-order chi connectivity index (χ0) is 18.2. The Kier molecular flexibility index (Phi) is 16.0. The predicted octanol–water partition coefficient (Wildman–Crippen LogP) is 3.26. The van der Waals surface area contributed by atoms with Crippen LogP contribution in [0.25, 0.3) is 0 Å². The quantitative estimate of drug-likeness (QED) is 0.591. The Morgan fingerprint density at radius 1 is 1.14 bits per heavy atom. The summed E-state index contributed by atoms with van der Waals surface area (Å²) in [6.07, 6.45) is 1.72. The molecule has 0 spiro atoms. The molecule has 1 heterocycles. The minimum absolute atomic E-state index is 0. The first-order chi connectivity index (χ1) is 12.0. The number of hydrogen-bond acceptors (Lipinski definition) is 4. The van der Waals surface area contributed by atoms with Crippen molar-refractivity contribution in [1.29, 1.82) is 0 Å². The lowest BCUT2D eigenvalue weighted by molar-refractivity contribution is -0.122. The Hall–Kier alpha value is -0.720. The van der Waals surface area contributed by atoms with Crippen molar-refractivity contribution in [3.63, 3.8) is 0 Å². The summed E-state index contributed by atoms with van der Waals surface area (Å²) < 4.78 is 0. The van der Waals surface area contributed by atoms with E-state index in [1.165, 1.54) is 11.3 Å². The summed E-state index contributed by atoms with van der Waals surface area (Å²) in [4.78, 5) is 16.8. The minimum atomic E-state index is -0.377. The van der Waals surface area contributed by atoms with Crippen LogP contribution in [0.2, 0.25) is 0 Å². The molecule has 1 saturated heterocycles. The van der Waals surface area contributed by atoms with Crippen molar-refractivity contribution in [3.05, 3.63) is 29.8 Å². The lowest BCUT2D eigenvalue weighted by Gasteiger charge is -2.36. The van der Waals surface area contributed by atoms with Crippen LogP contribution in [0.1, 0.15) is 32.3 Å². The van der Waals surface area contributed by atoms with Crippen LogP contribution in [0, 0.1) is 12.8 Å². The molecule has 5 nitrogen and oxygen atoms in total. The number of hydrogen-bond donors (Lipinski definition) is 2. The van der Waals surface area contributed by atoms with Crippen LogP contribution < -0.4 is 16.0 Å². The van der Waals surface area contributed by atoms with Crippen molar-refractivity contribution in [1.82, 2.24) is 10.2 Å². The Labute approximate surface area is 189 Å². The number of anilines is 1. The Balaban J connectivity index is 0. The number of carbonyl (C=O) groups excluding carboxylic acids is 1. The molecule has 0 bridgehead atoms. The molecule has 1 aromatic rings. The molecule has 0 aliphatic carbocycles. The molecule has 1 atom stereocenters. The summed E-state index contributed by atoms with van der Waals surface area (Å²) in [6.45, 7) is 12.3. The number of rotatable bonds is 8. The molecule has 28 heavy (non-hydrogen) atoms. The maximum Gasteiger partial charge on any atom is 0.236 e. The van der Waals surface area contributed by atoms with Gasteiger partial charge in [0.15, 0.2) is 0 Å². The van der Waals surface area contributed by atoms with E-state index < -0.39 is 0 Å². The Morgan fingerprint density at radius 3 is 2.36 bits per heavy atom. The lowest BCUT2D eigenvalue weighted by atomic mass is 10.0. The molecule has 2 rings (SSSR count). The number of amides is 1. The summed E-state index contributed by atoms with van der Waals surface area (Å²) >= 11 is 0. The molecule has 0 unspecified atom stereocenters. The van der Waals surface area contributed by atoms with Crippen molar-refractivity contribution in [2.24, 2.45) is 11.7 Å². The van der Waals surface area contributed by atoms with Crippen molar-refractivity contribution < 1.29 is 4.79 Å². The van der Waals surface area contributed by atoms with E-state index in [1.54, 1.807) is 0 Å². The number of halogens is 3. The van der Waals surface area contributed by atoms with Crippen molar-refractivity contribution >= 4 is 48.8 Å². The van der Waals surface area contributed by atoms with Gasteiger partial charge in [-0.05, 0) is 49.9 Å². The van der Waals surface area contributed by atoms with Gasteiger partial charge in [-0.25, -0.2) is 0 Å². The molecular formula is C20H37Cl3N4O. The molecule has 1 amide bonds. The van der Waals surface area contributed by atoms with Gasteiger partial charge in [0.25, 0.3) is 0 Å². The number of nitrogens with zero attached hydrogens (tertiary/aromatic N) is 2. The van der Waals surface area contributed by atoms with Gasteiger partial charge in [-0.3, -0.25) is 9.69 Å². The summed E-state index contributed by atoms with van der Waals surface area (Å²) in [7, 11) is 0. The molecule has 3 N–H and O–H groups in total. The maximum atomic E-state index is 11.9. The highest BCUT2D eigenvalue weighted by atomic mass is 35.5. The summed E-state index contributed by atoms with van der Waals surface area (Å²) in [5, 5.41) is 2.97. The van der Waals surface area contributed by atoms with Gasteiger partial charge >= 0.3 is 0 Å². The molecule has 1 aliphatic rings. The average molecular weight is 456 g/mol. The van der Waals surface area contributed by atoms with Gasteiger partial charge in [-0.15, -0.1) is 37.2 Å². The Bertz CT molecular complexity index is 552. The van der Waals surface area contributed by atoms with Crippen LogP contribution in [0.5, 0.6) is 0 Å². The van der Waals surface area contributed by atoms with Crippen molar-refractivity contribution in [3.8, 4) is 0 Å². The van der Waals surface area contributed by atoms with Gasteiger partial charge in [-0.2, -0.15) is 0 Å². The van der Waals surface area contributed by atoms with E-state index in [4.69, 9.17) is 5.73 Å². The zero-order valence-electron chi connectivity index (χ0n) is 17.2. The number of nitrogens with two attached hydrogens (primary N) is 1. The van der Waals surface area contributed by atoms with E-state index in [1.807, 2.05) is 0 Å². The first-order valence-electron chi connectivity index (χ1n) is 9.53. The average Bonchev–Trinajstić information content (AvgIpc) is 2.58. The molecular weight excluding hydrogens is 419 g/mol. The number of piperazine rings is 1. The number of carbonyl (C=O) groups is 1. The van der Waals surface area contributed by atoms with Gasteiger partial charge in [0.1, 0.15) is 0 Å². The fourth-order valence-corrected chi connectivity index (χ4v) is 3.31. The van der Waals surface area contributed by atoms with E-state index in [2.05, 4.69) is 60.2 Å². The van der Waals surface area contributed by atoms with Crippen LogP contribution in [0.3, 0.4) is 0 Å². The van der Waals surface area contributed by atoms with E-state index in [0.29, 0.717) is 12.5 Å². The number of nitrogens with one attached hydrogen (secondary N) is 1. The highest BCUT2D eigenvalue weighted by Gasteiger charge is 2.17. The van der Waals surface area contributed by atoms with Gasteiger partial charge < -0.3 is 16.0 Å². The van der Waals surface area contributed by atoms with Gasteiger partial charge in [0.05, 0.1) is 6.04 Å². The van der Waals surface area contributed by atoms with E-state index in [0.717, 1.165) is 45.6 Å². The highest BCUT2D eigenvalue weighted by molar-refractivity contribution is 5.86. The minimum Gasteiger partial charge on any atom is -0.369 e. The third-order valence-electron chi connectivity index (χ3n) is 4.75. The van der Waals surface area contributed by atoms with E-state index in [9.17, 15) is 4.79 Å². The van der Waals surface area contributed by atoms with Gasteiger partial charge in [0.2, 0.25) is 5.91 Å². The van der Waals surface area contributed by atoms with Crippen LogP contribution >= 0.6 is 37.2 Å². The Morgan fingerprint density at radius 2 is 1.79 bits per heavy atom. The first kappa shape index (κ1) is 29.5. The van der Waals surface area contributed by atoms with Crippen LogP contribution in [-0.4, -0.2) is 56.1 Å². The zero-order valence-corrected chi connectivity index (χ0v) is 19.7. The fraction of sp³-hybridized carbons (Fsp3) is 0.650. The lowest BCUT2D eigenvalue weighted by Crippen LogP contribution is -2.47. The summed E-state index contributed by atoms with van der Waals surface area (Å²) in [5.74, 6) is 0.434. The maximum absolute atomic E-state index is 11.9. The SMILES string of the molecule is Cc1cccc(N2CCN(CCCNC(=O)[C@@H](N)CC(C)C)CC2)c1.Cl.Cl.Cl. The van der Waals surface area contributed by atoms with Crippen LogP contribution in [0.4, 0.5) is 5.69 Å². The molecule has 0 saturated carbocycles. The van der Waals surface area contributed by atoms with Crippen molar-refractivity contribution in [2.75, 3.05) is 44.2 Å². The molecule has 1 aromatic carbocycles. The van der Waals surface area contributed by atoms with E-state index >= 15 is 0 Å². The monoisotopic (exact) mass is 454 g/mol. The second kappa shape index (κ2) is 15.2. The third-order valence-corrected chi connectivity index (χ3v) is 4.75. The summed E-state index contributed by atoms with van der Waals surface area (Å²) in [6, 6.07) is 8.34. The van der Waals surface area contributed by atoms with Crippen LogP contribution in [0.15, 0.2) is 24.3 Å². The third kappa shape index (κ3) is 10.2. The molecule has 8 heteroatoms. The molecule has 0 radical (unpaired) electrons. The van der Waals surface area contributed by atoms with Gasteiger partial charge in [-0.1, -0.05) is 26.0 Å². The first-order valence-corrected chi connectivity index (χ1v) is 9.53. The van der Waals surface area contributed by atoms with Crippen molar-refractivity contribution in [2.45, 2.75) is 39.7 Å². The van der Waals surface area contributed by atoms with E-state index in [-0.39, 0.29) is 49.2 Å². The standard InChI is InChI=1S/C20H34N4O.3ClH/c1-16(2)14-19(21)20(25)22-8-5-9-23-10-12-24(13-11-23)18-7-4-6-17(3)15-18;;;/h4,6-7,15-16,19H,5,8-14,21H2,1-3H3,(H,22,25);3*1H/t19-;;;/m0.../s1. The predicted molar refractivity (Wildman–Crippen MR) is 127 cm³/mol. The number of aryl methyl sites for hydroxylation is 1. The number of benzene rings is 1. The fourth-order valence-electron chi connectivity index (χ4n) is 3.31.